The Morgan fingerprint density at radius 1 is 1.05 bits per heavy atom. The summed E-state index contributed by atoms with van der Waals surface area (Å²) in [6.07, 6.45) is 0. The van der Waals surface area contributed by atoms with E-state index < -0.39 is 11.6 Å². The fraction of sp³-hybridized carbons (Fsp3) is 0. The second kappa shape index (κ2) is 4.69. The van der Waals surface area contributed by atoms with Crippen LogP contribution in [-0.2, 0) is 0 Å². The molecule has 1 heterocycles. The van der Waals surface area contributed by atoms with Gasteiger partial charge in [-0.05, 0) is 46.8 Å². The highest BCUT2D eigenvalue weighted by Gasteiger charge is 2.12. The van der Waals surface area contributed by atoms with Crippen LogP contribution < -0.4 is 5.73 Å². The van der Waals surface area contributed by atoms with E-state index in [9.17, 15) is 8.78 Å². The number of tetrazole rings is 1. The van der Waals surface area contributed by atoms with Gasteiger partial charge in [-0.25, -0.2) is 8.78 Å². The van der Waals surface area contributed by atoms with E-state index in [1.54, 1.807) is 18.2 Å². The van der Waals surface area contributed by atoms with Crippen LogP contribution in [0, 0.1) is 11.6 Å². The van der Waals surface area contributed by atoms with Gasteiger partial charge >= 0.3 is 0 Å². The Morgan fingerprint density at radius 2 is 1.90 bits per heavy atom. The van der Waals surface area contributed by atoms with Crippen LogP contribution in [0.2, 0.25) is 0 Å². The van der Waals surface area contributed by atoms with Crippen molar-refractivity contribution in [3.05, 3.63) is 54.1 Å². The topological polar surface area (TPSA) is 69.6 Å². The van der Waals surface area contributed by atoms with Crippen molar-refractivity contribution in [1.29, 1.82) is 0 Å². The first kappa shape index (κ1) is 12.2. The van der Waals surface area contributed by atoms with Gasteiger partial charge < -0.3 is 5.73 Å². The van der Waals surface area contributed by atoms with E-state index in [0.29, 0.717) is 17.1 Å². The molecule has 3 rings (SSSR count). The number of nitrogens with zero attached hydrogens (tertiary/aromatic N) is 4. The number of hydrogen-bond donors (Lipinski definition) is 1. The summed E-state index contributed by atoms with van der Waals surface area (Å²) in [6, 6.07) is 10.0. The van der Waals surface area contributed by atoms with Crippen LogP contribution in [-0.4, -0.2) is 20.2 Å². The lowest BCUT2D eigenvalue weighted by Gasteiger charge is -2.05. The van der Waals surface area contributed by atoms with E-state index in [-0.39, 0.29) is 5.69 Å². The molecule has 0 fully saturated rings. The molecule has 3 aromatic rings. The van der Waals surface area contributed by atoms with Crippen LogP contribution >= 0.6 is 0 Å². The first-order valence-electron chi connectivity index (χ1n) is 5.75. The summed E-state index contributed by atoms with van der Waals surface area (Å²) >= 11 is 0. The predicted molar refractivity (Wildman–Crippen MR) is 68.9 cm³/mol. The minimum atomic E-state index is -0.559. The molecule has 7 heteroatoms. The van der Waals surface area contributed by atoms with Crippen LogP contribution in [0.1, 0.15) is 0 Å². The van der Waals surface area contributed by atoms with Crippen molar-refractivity contribution in [2.45, 2.75) is 0 Å². The minimum absolute atomic E-state index is 0.0403. The molecule has 0 atom stereocenters. The van der Waals surface area contributed by atoms with Gasteiger partial charge in [0.2, 0.25) is 0 Å². The molecule has 0 aliphatic carbocycles. The summed E-state index contributed by atoms with van der Waals surface area (Å²) in [5.74, 6) is -0.668. The summed E-state index contributed by atoms with van der Waals surface area (Å²) in [4.78, 5) is 0. The van der Waals surface area contributed by atoms with Gasteiger partial charge in [-0.3, -0.25) is 0 Å². The van der Waals surface area contributed by atoms with E-state index >= 15 is 0 Å². The fourth-order valence-electron chi connectivity index (χ4n) is 1.82. The molecule has 1 aromatic heterocycles. The van der Waals surface area contributed by atoms with Gasteiger partial charge in [0.1, 0.15) is 11.6 Å². The lowest BCUT2D eigenvalue weighted by Crippen LogP contribution is -2.01. The molecule has 2 N–H and O–H groups in total. The molecule has 0 amide bonds. The molecular weight excluding hydrogens is 264 g/mol. The van der Waals surface area contributed by atoms with Crippen molar-refractivity contribution in [3.63, 3.8) is 0 Å². The average Bonchev–Trinajstić information content (AvgIpc) is 2.91. The summed E-state index contributed by atoms with van der Waals surface area (Å²) in [7, 11) is 0. The molecule has 0 radical (unpaired) electrons. The lowest BCUT2D eigenvalue weighted by atomic mass is 10.2. The highest BCUT2D eigenvalue weighted by Crippen LogP contribution is 2.22. The number of anilines is 1. The van der Waals surface area contributed by atoms with Gasteiger partial charge in [-0.1, -0.05) is 6.07 Å². The van der Waals surface area contributed by atoms with E-state index in [4.69, 9.17) is 5.73 Å². The number of halogens is 2. The number of nitrogens with two attached hydrogens (primary N) is 1. The zero-order valence-electron chi connectivity index (χ0n) is 10.2. The largest absolute Gasteiger partial charge is 0.396 e. The van der Waals surface area contributed by atoms with Gasteiger partial charge in [-0.2, -0.15) is 4.68 Å². The maximum atomic E-state index is 13.5. The van der Waals surface area contributed by atoms with Gasteiger partial charge in [0.15, 0.2) is 5.82 Å². The maximum absolute atomic E-state index is 13.5. The number of hydrogen-bond acceptors (Lipinski definition) is 4. The monoisotopic (exact) mass is 273 g/mol. The van der Waals surface area contributed by atoms with Gasteiger partial charge in [0.25, 0.3) is 0 Å². The highest BCUT2D eigenvalue weighted by molar-refractivity contribution is 5.60. The molecule has 5 nitrogen and oxygen atoms in total. The number of nitrogen functional groups attached to an aromatic ring is 1. The summed E-state index contributed by atoms with van der Waals surface area (Å²) in [6.45, 7) is 0. The van der Waals surface area contributed by atoms with Gasteiger partial charge in [-0.15, -0.1) is 5.10 Å². The standard InChI is InChI=1S/C13H9F2N5/c14-9-2-1-3-10(7-9)20-13(17-18-19-20)8-4-5-12(16)11(15)6-8/h1-7H,16H2. The Hall–Kier alpha value is -2.83. The van der Waals surface area contributed by atoms with Crippen molar-refractivity contribution in [3.8, 4) is 17.1 Å². The third-order valence-corrected chi connectivity index (χ3v) is 2.78. The van der Waals surface area contributed by atoms with Crippen molar-refractivity contribution in [2.24, 2.45) is 0 Å². The molecule has 0 aliphatic heterocycles. The van der Waals surface area contributed by atoms with Crippen LogP contribution in [0.3, 0.4) is 0 Å². The smallest absolute Gasteiger partial charge is 0.187 e. The zero-order chi connectivity index (χ0) is 14.1. The highest BCUT2D eigenvalue weighted by atomic mass is 19.1. The fourth-order valence-corrected chi connectivity index (χ4v) is 1.82. The maximum Gasteiger partial charge on any atom is 0.187 e. The summed E-state index contributed by atoms with van der Waals surface area (Å²) in [5, 5.41) is 11.2. The lowest BCUT2D eigenvalue weighted by molar-refractivity contribution is 0.624. The molecule has 0 saturated carbocycles. The quantitative estimate of drug-likeness (QED) is 0.727. The molecule has 100 valence electrons. The zero-order valence-corrected chi connectivity index (χ0v) is 10.2. The third kappa shape index (κ3) is 2.09. The van der Waals surface area contributed by atoms with Crippen LogP contribution in [0.5, 0.6) is 0 Å². The van der Waals surface area contributed by atoms with Crippen molar-refractivity contribution in [1.82, 2.24) is 20.2 Å². The Kier molecular flexibility index (Phi) is 2.86. The molecule has 2 aromatic carbocycles. The Morgan fingerprint density at radius 3 is 2.65 bits per heavy atom. The second-order valence-corrected chi connectivity index (χ2v) is 4.13. The molecule has 0 bridgehead atoms. The van der Waals surface area contributed by atoms with E-state index in [1.807, 2.05) is 0 Å². The van der Waals surface area contributed by atoms with Crippen LogP contribution in [0.15, 0.2) is 42.5 Å². The molecule has 0 unspecified atom stereocenters. The Balaban J connectivity index is 2.12. The second-order valence-electron chi connectivity index (χ2n) is 4.13. The molecule has 0 saturated heterocycles. The summed E-state index contributed by atoms with van der Waals surface area (Å²) in [5.41, 5.74) is 6.36. The predicted octanol–water partition coefficient (Wildman–Crippen LogP) is 2.19. The molecule has 0 aliphatic rings. The molecular formula is C13H9F2N5. The Bertz CT molecular complexity index is 769. The molecule has 20 heavy (non-hydrogen) atoms. The van der Waals surface area contributed by atoms with Crippen molar-refractivity contribution < 1.29 is 8.78 Å². The minimum Gasteiger partial charge on any atom is -0.396 e. The van der Waals surface area contributed by atoms with Gasteiger partial charge in [0, 0.05) is 5.56 Å². The summed E-state index contributed by atoms with van der Waals surface area (Å²) < 4.78 is 28.1. The molecule has 0 spiro atoms. The van der Waals surface area contributed by atoms with E-state index in [0.717, 1.165) is 0 Å². The van der Waals surface area contributed by atoms with Crippen molar-refractivity contribution in [2.75, 3.05) is 5.73 Å². The first-order valence-corrected chi connectivity index (χ1v) is 5.75. The first-order chi connectivity index (χ1) is 9.65. The number of benzene rings is 2. The van der Waals surface area contributed by atoms with E-state index in [2.05, 4.69) is 15.5 Å². The van der Waals surface area contributed by atoms with Crippen molar-refractivity contribution >= 4 is 5.69 Å². The third-order valence-electron chi connectivity index (χ3n) is 2.78. The van der Waals surface area contributed by atoms with Crippen LogP contribution in [0.4, 0.5) is 14.5 Å². The van der Waals surface area contributed by atoms with E-state index in [1.165, 1.54) is 28.9 Å². The SMILES string of the molecule is Nc1ccc(-c2nnnn2-c2cccc(F)c2)cc1F. The van der Waals surface area contributed by atoms with Crippen LogP contribution in [0.25, 0.3) is 17.1 Å². The number of rotatable bonds is 2. The van der Waals surface area contributed by atoms with Gasteiger partial charge in [0.05, 0.1) is 11.4 Å². The number of aromatic nitrogens is 4. The Labute approximate surface area is 112 Å². The average molecular weight is 273 g/mol. The normalized spacial score (nSPS) is 10.7.